The average molecular weight is 132 g/mol. The predicted molar refractivity (Wildman–Crippen MR) is 18.3 cm³/mol. The van der Waals surface area contributed by atoms with Crippen molar-refractivity contribution in [1.29, 1.82) is 0 Å². The summed E-state index contributed by atoms with van der Waals surface area (Å²) in [6.07, 6.45) is -3.76. The number of nitrogens with one attached hydrogen (secondary N) is 1. The van der Waals surface area contributed by atoms with Crippen LogP contribution in [0.4, 0.5) is 17.6 Å². The molecule has 0 aliphatic heterocycles. The number of hydrogen-bond donors (Lipinski definition) is 2. The number of rotatable bonds is 2. The van der Waals surface area contributed by atoms with Gasteiger partial charge < -0.3 is 0 Å². The van der Waals surface area contributed by atoms with Gasteiger partial charge >= 0.3 is 12.5 Å². The molecule has 0 heterocycles. The number of nitrogens with two attached hydrogens (primary N) is 1. The number of hydrazine groups is 1. The van der Waals surface area contributed by atoms with Crippen LogP contribution in [-0.4, -0.2) is 12.5 Å². The van der Waals surface area contributed by atoms with Gasteiger partial charge in [-0.3, -0.25) is 5.84 Å². The Morgan fingerprint density at radius 1 is 1.38 bits per heavy atom. The Morgan fingerprint density at radius 3 is 1.75 bits per heavy atom. The Kier molecular flexibility index (Phi) is 2.17. The Morgan fingerprint density at radius 2 is 1.75 bits per heavy atom. The molecule has 0 aliphatic carbocycles. The van der Waals surface area contributed by atoms with Gasteiger partial charge in [0, 0.05) is 0 Å². The minimum atomic E-state index is -4.26. The molecule has 6 heteroatoms. The van der Waals surface area contributed by atoms with Crippen molar-refractivity contribution in [2.24, 2.45) is 5.84 Å². The lowest BCUT2D eigenvalue weighted by Gasteiger charge is -2.11. The second kappa shape index (κ2) is 2.27. The van der Waals surface area contributed by atoms with E-state index in [1.807, 2.05) is 0 Å². The molecule has 2 nitrogen and oxygen atoms in total. The highest BCUT2D eigenvalue weighted by atomic mass is 19.3. The van der Waals surface area contributed by atoms with Gasteiger partial charge in [0.2, 0.25) is 0 Å². The maximum atomic E-state index is 11.3. The summed E-state index contributed by atoms with van der Waals surface area (Å²) in [6, 6.07) is -4.26. The first kappa shape index (κ1) is 7.64. The molecule has 0 rings (SSSR count). The summed E-state index contributed by atoms with van der Waals surface area (Å²) in [5.41, 5.74) is 0.657. The van der Waals surface area contributed by atoms with Crippen LogP contribution in [0.25, 0.3) is 0 Å². The molecule has 3 N–H and O–H groups in total. The quantitative estimate of drug-likeness (QED) is 0.245. The summed E-state index contributed by atoms with van der Waals surface area (Å²) >= 11 is 0. The molecule has 0 bridgehead atoms. The van der Waals surface area contributed by atoms with E-state index < -0.39 is 12.5 Å². The van der Waals surface area contributed by atoms with Crippen LogP contribution in [0.2, 0.25) is 0 Å². The summed E-state index contributed by atoms with van der Waals surface area (Å²) in [4.78, 5) is 0. The zero-order valence-corrected chi connectivity index (χ0v) is 3.67. The standard InChI is InChI=1S/C2H4F4N2/c3-1(4)2(5,6)8-7/h1,8H,7H2. The highest BCUT2D eigenvalue weighted by Crippen LogP contribution is 2.16. The first-order valence-electron chi connectivity index (χ1n) is 1.64. The molecule has 0 amide bonds. The van der Waals surface area contributed by atoms with Gasteiger partial charge in [-0.1, -0.05) is 0 Å². The van der Waals surface area contributed by atoms with Gasteiger partial charge in [-0.2, -0.15) is 14.2 Å². The zero-order valence-electron chi connectivity index (χ0n) is 3.67. The van der Waals surface area contributed by atoms with Gasteiger partial charge in [-0.05, 0) is 0 Å². The maximum absolute atomic E-state index is 11.3. The molecule has 0 saturated carbocycles. The van der Waals surface area contributed by atoms with Crippen molar-refractivity contribution in [2.45, 2.75) is 12.5 Å². The Bertz CT molecular complexity index is 72.4. The Balaban J connectivity index is 3.71. The van der Waals surface area contributed by atoms with Crippen LogP contribution in [0.15, 0.2) is 0 Å². The van der Waals surface area contributed by atoms with Gasteiger partial charge in [0.05, 0.1) is 0 Å². The molecule has 0 spiro atoms. The molecule has 0 unspecified atom stereocenters. The van der Waals surface area contributed by atoms with Crippen molar-refractivity contribution in [2.75, 3.05) is 0 Å². The molecule has 8 heavy (non-hydrogen) atoms. The van der Waals surface area contributed by atoms with Gasteiger partial charge in [0.25, 0.3) is 0 Å². The maximum Gasteiger partial charge on any atom is 0.374 e. The fraction of sp³-hybridized carbons (Fsp3) is 1.00. The highest BCUT2D eigenvalue weighted by molar-refractivity contribution is 4.59. The summed E-state index contributed by atoms with van der Waals surface area (Å²) in [5, 5.41) is 0. The van der Waals surface area contributed by atoms with E-state index in [-0.39, 0.29) is 0 Å². The second-order valence-corrected chi connectivity index (χ2v) is 1.07. The predicted octanol–water partition coefficient (Wildman–Crippen LogP) is 0.308. The fourth-order valence-electron chi connectivity index (χ4n) is 0.0630. The molecule has 0 saturated heterocycles. The van der Waals surface area contributed by atoms with Crippen molar-refractivity contribution < 1.29 is 17.6 Å². The lowest BCUT2D eigenvalue weighted by Crippen LogP contribution is -2.47. The van der Waals surface area contributed by atoms with Crippen LogP contribution >= 0.6 is 0 Å². The van der Waals surface area contributed by atoms with Crippen molar-refractivity contribution >= 4 is 0 Å². The normalized spacial score (nSPS) is 12.8. The summed E-state index contributed by atoms with van der Waals surface area (Å²) in [7, 11) is 0. The molecule has 0 aromatic carbocycles. The van der Waals surface area contributed by atoms with Crippen molar-refractivity contribution in [3.63, 3.8) is 0 Å². The molecule has 0 radical (unpaired) electrons. The van der Waals surface area contributed by atoms with Gasteiger partial charge in [-0.25, -0.2) is 8.78 Å². The topological polar surface area (TPSA) is 38.0 Å². The first-order valence-corrected chi connectivity index (χ1v) is 1.64. The van der Waals surface area contributed by atoms with Crippen LogP contribution in [0.1, 0.15) is 0 Å². The first-order chi connectivity index (χ1) is 3.50. The SMILES string of the molecule is NNC(F)(F)C(F)F. The van der Waals surface area contributed by atoms with Gasteiger partial charge in [0.15, 0.2) is 0 Å². The van der Waals surface area contributed by atoms with Crippen LogP contribution < -0.4 is 11.3 Å². The van der Waals surface area contributed by atoms with E-state index >= 15 is 0 Å². The zero-order chi connectivity index (χ0) is 6.78. The van der Waals surface area contributed by atoms with Gasteiger partial charge in [0.1, 0.15) is 0 Å². The van der Waals surface area contributed by atoms with Crippen molar-refractivity contribution in [3.8, 4) is 0 Å². The summed E-state index contributed by atoms with van der Waals surface area (Å²) in [5.74, 6) is 4.03. The molecule has 0 aliphatic rings. The van der Waals surface area contributed by atoms with E-state index in [4.69, 9.17) is 0 Å². The summed E-state index contributed by atoms with van der Waals surface area (Å²) < 4.78 is 44.4. The summed E-state index contributed by atoms with van der Waals surface area (Å²) in [6.45, 7) is 0. The minimum Gasteiger partial charge on any atom is -0.266 e. The number of halogens is 4. The van der Waals surface area contributed by atoms with E-state index in [1.54, 1.807) is 0 Å². The lowest BCUT2D eigenvalue weighted by atomic mass is 10.6. The highest BCUT2D eigenvalue weighted by Gasteiger charge is 2.39. The third-order valence-electron chi connectivity index (χ3n) is 0.467. The second-order valence-electron chi connectivity index (χ2n) is 1.07. The molecular weight excluding hydrogens is 128 g/mol. The van der Waals surface area contributed by atoms with Gasteiger partial charge in [-0.15, -0.1) is 0 Å². The molecule has 50 valence electrons. The van der Waals surface area contributed by atoms with E-state index in [1.165, 1.54) is 0 Å². The third-order valence-corrected chi connectivity index (χ3v) is 0.467. The van der Waals surface area contributed by atoms with E-state index in [0.29, 0.717) is 5.43 Å². The van der Waals surface area contributed by atoms with Crippen molar-refractivity contribution in [3.05, 3.63) is 0 Å². The monoisotopic (exact) mass is 132 g/mol. The molecule has 0 aromatic rings. The average Bonchev–Trinajstić information content (AvgIpc) is 1.67. The van der Waals surface area contributed by atoms with Crippen LogP contribution in [0, 0.1) is 0 Å². The van der Waals surface area contributed by atoms with Crippen LogP contribution in [-0.2, 0) is 0 Å². The van der Waals surface area contributed by atoms with E-state index in [0.717, 1.165) is 0 Å². The lowest BCUT2D eigenvalue weighted by molar-refractivity contribution is -0.151. The molecule has 0 aromatic heterocycles. The number of alkyl halides is 4. The smallest absolute Gasteiger partial charge is 0.266 e. The van der Waals surface area contributed by atoms with E-state index in [9.17, 15) is 17.6 Å². The molecular formula is C2H4F4N2. The largest absolute Gasteiger partial charge is 0.374 e. The third kappa shape index (κ3) is 1.63. The Labute approximate surface area is 42.6 Å². The van der Waals surface area contributed by atoms with Crippen LogP contribution in [0.5, 0.6) is 0 Å². The van der Waals surface area contributed by atoms with Crippen molar-refractivity contribution in [1.82, 2.24) is 5.43 Å². The fourth-order valence-corrected chi connectivity index (χ4v) is 0.0630. The number of hydrogen-bond acceptors (Lipinski definition) is 2. The van der Waals surface area contributed by atoms with E-state index in [2.05, 4.69) is 5.84 Å². The molecule has 0 fully saturated rings. The molecule has 0 atom stereocenters. The van der Waals surface area contributed by atoms with Crippen LogP contribution in [0.3, 0.4) is 0 Å². The minimum absolute atomic E-state index is 0.657. The Hall–Kier alpha value is -0.360.